The minimum atomic E-state index is -0.383. The molecule has 0 aromatic heterocycles. The second-order valence-electron chi connectivity index (χ2n) is 6.52. The summed E-state index contributed by atoms with van der Waals surface area (Å²) in [5.41, 5.74) is 0. The zero-order valence-corrected chi connectivity index (χ0v) is 12.6. The van der Waals surface area contributed by atoms with Crippen molar-refractivity contribution >= 4 is 0 Å². The maximum Gasteiger partial charge on any atom is 0.172 e. The molecule has 4 heteroatoms. The van der Waals surface area contributed by atoms with Crippen molar-refractivity contribution in [2.24, 2.45) is 17.8 Å². The summed E-state index contributed by atoms with van der Waals surface area (Å²) in [5.74, 6) is 6.85. The van der Waals surface area contributed by atoms with Crippen LogP contribution < -0.4 is 0 Å². The number of aliphatic hydroxyl groups excluding tert-OH is 2. The van der Waals surface area contributed by atoms with Gasteiger partial charge in [-0.3, -0.25) is 0 Å². The predicted octanol–water partition coefficient (Wildman–Crippen LogP) is 1.69. The molecular weight excluding hydrogens is 268 g/mol. The molecule has 3 rings (SSSR count). The lowest BCUT2D eigenvalue weighted by Crippen LogP contribution is -2.54. The SMILES string of the molecule is OCCCCCCC#C[C@H]1CC2C(CC23OCCO3)C1O. The highest BCUT2D eigenvalue weighted by atomic mass is 16.7. The summed E-state index contributed by atoms with van der Waals surface area (Å²) in [5, 5.41) is 19.1. The lowest BCUT2D eigenvalue weighted by atomic mass is 9.69. The van der Waals surface area contributed by atoms with Gasteiger partial charge in [-0.15, -0.1) is 5.92 Å². The fraction of sp³-hybridized carbons (Fsp3) is 0.882. The van der Waals surface area contributed by atoms with Crippen LogP contribution in [0.5, 0.6) is 0 Å². The van der Waals surface area contributed by atoms with Crippen molar-refractivity contribution in [1.29, 1.82) is 0 Å². The summed E-state index contributed by atoms with van der Waals surface area (Å²) in [6, 6.07) is 0. The predicted molar refractivity (Wildman–Crippen MR) is 78.3 cm³/mol. The third-order valence-electron chi connectivity index (χ3n) is 5.23. The van der Waals surface area contributed by atoms with E-state index < -0.39 is 0 Å². The average Bonchev–Trinajstić information content (AvgIpc) is 3.05. The maximum atomic E-state index is 10.4. The van der Waals surface area contributed by atoms with Gasteiger partial charge >= 0.3 is 0 Å². The average molecular weight is 294 g/mol. The molecule has 118 valence electrons. The summed E-state index contributed by atoms with van der Waals surface area (Å²) < 4.78 is 11.5. The molecule has 1 spiro atoms. The molecule has 21 heavy (non-hydrogen) atoms. The quantitative estimate of drug-likeness (QED) is 0.598. The number of fused-ring (bicyclic) bond motifs is 2. The van der Waals surface area contributed by atoms with Gasteiger partial charge in [-0.25, -0.2) is 0 Å². The Morgan fingerprint density at radius 1 is 1.10 bits per heavy atom. The van der Waals surface area contributed by atoms with E-state index >= 15 is 0 Å². The van der Waals surface area contributed by atoms with E-state index in [9.17, 15) is 5.11 Å². The van der Waals surface area contributed by atoms with E-state index in [1.807, 2.05) is 0 Å². The summed E-state index contributed by atoms with van der Waals surface area (Å²) in [6.45, 7) is 1.65. The highest BCUT2D eigenvalue weighted by Crippen LogP contribution is 2.58. The van der Waals surface area contributed by atoms with Crippen molar-refractivity contribution in [3.05, 3.63) is 0 Å². The van der Waals surface area contributed by atoms with Gasteiger partial charge in [0.1, 0.15) is 0 Å². The molecule has 3 aliphatic rings. The van der Waals surface area contributed by atoms with E-state index in [1.165, 1.54) is 0 Å². The second kappa shape index (κ2) is 6.66. The first-order chi connectivity index (χ1) is 10.3. The number of ether oxygens (including phenoxy) is 2. The summed E-state index contributed by atoms with van der Waals surface area (Å²) in [4.78, 5) is 0. The molecule has 2 N–H and O–H groups in total. The summed E-state index contributed by atoms with van der Waals surface area (Å²) in [7, 11) is 0. The van der Waals surface area contributed by atoms with E-state index in [0.29, 0.717) is 25.0 Å². The Balaban J connectivity index is 1.43. The van der Waals surface area contributed by atoms with E-state index in [2.05, 4.69) is 11.8 Å². The van der Waals surface area contributed by atoms with Crippen molar-refractivity contribution < 1.29 is 19.7 Å². The Morgan fingerprint density at radius 3 is 2.62 bits per heavy atom. The first kappa shape index (κ1) is 15.3. The molecule has 1 aliphatic heterocycles. The minimum absolute atomic E-state index is 0.0876. The van der Waals surface area contributed by atoms with Crippen LogP contribution in [-0.2, 0) is 9.47 Å². The Labute approximate surface area is 126 Å². The third kappa shape index (κ3) is 2.98. The van der Waals surface area contributed by atoms with Crippen LogP contribution in [0.4, 0.5) is 0 Å². The number of rotatable bonds is 5. The fourth-order valence-electron chi connectivity index (χ4n) is 4.04. The van der Waals surface area contributed by atoms with Crippen LogP contribution in [0, 0.1) is 29.6 Å². The van der Waals surface area contributed by atoms with Gasteiger partial charge in [-0.05, 0) is 25.2 Å². The van der Waals surface area contributed by atoms with Gasteiger partial charge in [0.2, 0.25) is 0 Å². The van der Waals surface area contributed by atoms with Gasteiger partial charge < -0.3 is 19.7 Å². The smallest absolute Gasteiger partial charge is 0.172 e. The van der Waals surface area contributed by atoms with E-state index in [4.69, 9.17) is 14.6 Å². The normalized spacial score (nSPS) is 36.1. The minimum Gasteiger partial charge on any atom is -0.396 e. The first-order valence-electron chi connectivity index (χ1n) is 8.32. The fourth-order valence-corrected chi connectivity index (χ4v) is 4.04. The van der Waals surface area contributed by atoms with Crippen LogP contribution >= 0.6 is 0 Å². The molecule has 3 unspecified atom stereocenters. The first-order valence-corrected chi connectivity index (χ1v) is 8.32. The topological polar surface area (TPSA) is 58.9 Å². The molecule has 4 atom stereocenters. The van der Waals surface area contributed by atoms with Gasteiger partial charge in [0.05, 0.1) is 19.3 Å². The van der Waals surface area contributed by atoms with Gasteiger partial charge in [-0.2, -0.15) is 0 Å². The number of hydrogen-bond donors (Lipinski definition) is 2. The van der Waals surface area contributed by atoms with E-state index in [1.54, 1.807) is 0 Å². The van der Waals surface area contributed by atoms with E-state index in [0.717, 1.165) is 44.9 Å². The monoisotopic (exact) mass is 294 g/mol. The molecule has 1 saturated heterocycles. The Hall–Kier alpha value is -0.600. The molecule has 0 bridgehead atoms. The van der Waals surface area contributed by atoms with Crippen LogP contribution in [0.2, 0.25) is 0 Å². The van der Waals surface area contributed by atoms with Gasteiger partial charge in [0.25, 0.3) is 0 Å². The van der Waals surface area contributed by atoms with Crippen molar-refractivity contribution in [1.82, 2.24) is 0 Å². The second-order valence-corrected chi connectivity index (χ2v) is 6.52. The molecule has 1 heterocycles. The van der Waals surface area contributed by atoms with Gasteiger partial charge in [0.15, 0.2) is 5.79 Å². The molecule has 0 aromatic carbocycles. The van der Waals surface area contributed by atoms with Crippen molar-refractivity contribution in [3.8, 4) is 11.8 Å². The van der Waals surface area contributed by atoms with Crippen molar-refractivity contribution in [2.45, 2.75) is 56.8 Å². The third-order valence-corrected chi connectivity index (χ3v) is 5.23. The maximum absolute atomic E-state index is 10.4. The number of aliphatic hydroxyl groups is 2. The highest BCUT2D eigenvalue weighted by Gasteiger charge is 2.64. The molecule has 2 saturated carbocycles. The summed E-state index contributed by atoms with van der Waals surface area (Å²) >= 11 is 0. The van der Waals surface area contributed by atoms with Crippen LogP contribution in [0.25, 0.3) is 0 Å². The number of hydrogen-bond acceptors (Lipinski definition) is 4. The van der Waals surface area contributed by atoms with Crippen molar-refractivity contribution in [2.75, 3.05) is 19.8 Å². The van der Waals surface area contributed by atoms with Crippen LogP contribution in [-0.4, -0.2) is 41.9 Å². The lowest BCUT2D eigenvalue weighted by molar-refractivity contribution is -0.275. The standard InChI is InChI=1S/C17H26O4/c18-8-6-4-2-1-3-5-7-13-11-15-14(16(13)19)12-17(15)20-9-10-21-17/h13-16,18-19H,1-4,6,8-12H2/t13-,14?,15?,16?/m0/s1. The molecular formula is C17H26O4. The molecule has 0 radical (unpaired) electrons. The summed E-state index contributed by atoms with van der Waals surface area (Å²) in [6.07, 6.45) is 6.49. The zero-order valence-electron chi connectivity index (χ0n) is 12.6. The zero-order chi connectivity index (χ0) is 14.7. The lowest BCUT2D eigenvalue weighted by Gasteiger charge is -2.48. The highest BCUT2D eigenvalue weighted by molar-refractivity contribution is 5.17. The Kier molecular flexibility index (Phi) is 4.85. The molecule has 0 aromatic rings. The number of unbranched alkanes of at least 4 members (excludes halogenated alkanes) is 4. The molecule has 3 fully saturated rings. The van der Waals surface area contributed by atoms with Crippen LogP contribution in [0.15, 0.2) is 0 Å². The van der Waals surface area contributed by atoms with Gasteiger partial charge in [-0.1, -0.05) is 18.8 Å². The largest absolute Gasteiger partial charge is 0.396 e. The van der Waals surface area contributed by atoms with Gasteiger partial charge in [0, 0.05) is 31.3 Å². The molecule has 0 amide bonds. The van der Waals surface area contributed by atoms with Crippen molar-refractivity contribution in [3.63, 3.8) is 0 Å². The van der Waals surface area contributed by atoms with Crippen LogP contribution in [0.1, 0.15) is 44.9 Å². The Morgan fingerprint density at radius 2 is 1.86 bits per heavy atom. The molecule has 4 nitrogen and oxygen atoms in total. The van der Waals surface area contributed by atoms with Crippen LogP contribution in [0.3, 0.4) is 0 Å². The molecule has 2 aliphatic carbocycles. The van der Waals surface area contributed by atoms with E-state index in [-0.39, 0.29) is 24.4 Å². The Bertz CT molecular complexity index is 405.